The summed E-state index contributed by atoms with van der Waals surface area (Å²) in [6.45, 7) is 7.34. The van der Waals surface area contributed by atoms with Gasteiger partial charge >= 0.3 is 6.03 Å². The first-order valence-electron chi connectivity index (χ1n) is 7.21. The lowest BCUT2D eigenvalue weighted by atomic mass is 10.1. The van der Waals surface area contributed by atoms with Crippen molar-refractivity contribution in [2.75, 3.05) is 13.1 Å². The number of pyridine rings is 1. The number of rotatable bonds is 3. The van der Waals surface area contributed by atoms with Crippen LogP contribution in [-0.2, 0) is 4.74 Å². The summed E-state index contributed by atoms with van der Waals surface area (Å²) >= 11 is 0. The van der Waals surface area contributed by atoms with Gasteiger partial charge in [0.1, 0.15) is 0 Å². The number of ether oxygens (including phenoxy) is 1. The van der Waals surface area contributed by atoms with E-state index >= 15 is 0 Å². The molecule has 0 aromatic carbocycles. The van der Waals surface area contributed by atoms with Crippen LogP contribution in [0.2, 0.25) is 0 Å². The largest absolute Gasteiger partial charge is 0.372 e. The lowest BCUT2D eigenvalue weighted by molar-refractivity contribution is -0.0547. The van der Waals surface area contributed by atoms with Gasteiger partial charge in [0.2, 0.25) is 0 Å². The number of carbonyl (C=O) groups is 1. The van der Waals surface area contributed by atoms with Crippen molar-refractivity contribution < 1.29 is 9.53 Å². The molecule has 0 aliphatic carbocycles. The van der Waals surface area contributed by atoms with E-state index in [9.17, 15) is 4.79 Å². The third-order valence-electron chi connectivity index (χ3n) is 3.52. The van der Waals surface area contributed by atoms with Gasteiger partial charge in [0.05, 0.1) is 18.2 Å². The predicted octanol–water partition coefficient (Wildman–Crippen LogP) is 2.35. The maximum atomic E-state index is 12.4. The standard InChI is InChI=1S/C15H23N3O2/c1-4-14(13-5-7-16-8-6-13)17-15(19)18-9-11(2)20-12(3)10-18/h5-8,11-12,14H,4,9-10H2,1-3H3,(H,17,19). The molecule has 2 amide bonds. The fourth-order valence-electron chi connectivity index (χ4n) is 2.60. The van der Waals surface area contributed by atoms with E-state index in [1.807, 2.05) is 30.9 Å². The van der Waals surface area contributed by atoms with Crippen LogP contribution >= 0.6 is 0 Å². The minimum Gasteiger partial charge on any atom is -0.372 e. The lowest BCUT2D eigenvalue weighted by Gasteiger charge is -2.36. The molecule has 20 heavy (non-hydrogen) atoms. The molecule has 0 spiro atoms. The molecule has 1 aromatic rings. The molecule has 1 saturated heterocycles. The minimum atomic E-state index is -0.0179. The number of urea groups is 1. The van der Waals surface area contributed by atoms with Gasteiger partial charge in [0, 0.05) is 25.5 Å². The second kappa shape index (κ2) is 6.70. The summed E-state index contributed by atoms with van der Waals surface area (Å²) in [6, 6.07) is 3.90. The van der Waals surface area contributed by atoms with Crippen molar-refractivity contribution in [1.82, 2.24) is 15.2 Å². The average molecular weight is 277 g/mol. The first kappa shape index (κ1) is 14.8. The van der Waals surface area contributed by atoms with Gasteiger partial charge in [-0.1, -0.05) is 6.92 Å². The lowest BCUT2D eigenvalue weighted by Crippen LogP contribution is -2.52. The van der Waals surface area contributed by atoms with Crippen LogP contribution in [0.1, 0.15) is 38.8 Å². The molecule has 0 bridgehead atoms. The first-order valence-corrected chi connectivity index (χ1v) is 7.21. The molecule has 5 nitrogen and oxygen atoms in total. The Labute approximate surface area is 120 Å². The normalized spacial score (nSPS) is 24.2. The van der Waals surface area contributed by atoms with Gasteiger partial charge in [-0.25, -0.2) is 4.79 Å². The highest BCUT2D eigenvalue weighted by Crippen LogP contribution is 2.17. The maximum Gasteiger partial charge on any atom is 0.318 e. The topological polar surface area (TPSA) is 54.5 Å². The fraction of sp³-hybridized carbons (Fsp3) is 0.600. The number of nitrogens with zero attached hydrogens (tertiary/aromatic N) is 2. The van der Waals surface area contributed by atoms with E-state index in [2.05, 4.69) is 17.2 Å². The quantitative estimate of drug-likeness (QED) is 0.922. The van der Waals surface area contributed by atoms with Gasteiger partial charge in [-0.3, -0.25) is 4.98 Å². The molecule has 2 heterocycles. The Bertz CT molecular complexity index is 428. The number of hydrogen-bond donors (Lipinski definition) is 1. The number of morpholine rings is 1. The van der Waals surface area contributed by atoms with Crippen molar-refractivity contribution in [3.8, 4) is 0 Å². The van der Waals surface area contributed by atoms with E-state index in [4.69, 9.17) is 4.74 Å². The summed E-state index contributed by atoms with van der Waals surface area (Å²) < 4.78 is 5.65. The zero-order chi connectivity index (χ0) is 14.5. The van der Waals surface area contributed by atoms with Crippen molar-refractivity contribution in [1.29, 1.82) is 0 Å². The van der Waals surface area contributed by atoms with Gasteiger partial charge in [0.15, 0.2) is 0 Å². The van der Waals surface area contributed by atoms with Crippen molar-refractivity contribution in [2.24, 2.45) is 0 Å². The van der Waals surface area contributed by atoms with Crippen LogP contribution in [0.3, 0.4) is 0 Å². The number of hydrogen-bond acceptors (Lipinski definition) is 3. The van der Waals surface area contributed by atoms with E-state index in [0.717, 1.165) is 12.0 Å². The van der Waals surface area contributed by atoms with Crippen molar-refractivity contribution in [2.45, 2.75) is 45.4 Å². The molecule has 5 heteroatoms. The number of amides is 2. The van der Waals surface area contributed by atoms with Gasteiger partial charge < -0.3 is 15.0 Å². The molecular formula is C15H23N3O2. The molecule has 1 N–H and O–H groups in total. The molecule has 1 aromatic heterocycles. The zero-order valence-corrected chi connectivity index (χ0v) is 12.4. The molecule has 3 atom stereocenters. The Morgan fingerprint density at radius 3 is 2.55 bits per heavy atom. The summed E-state index contributed by atoms with van der Waals surface area (Å²) in [5.74, 6) is 0. The third-order valence-corrected chi connectivity index (χ3v) is 3.52. The summed E-state index contributed by atoms with van der Waals surface area (Å²) in [4.78, 5) is 18.2. The van der Waals surface area contributed by atoms with E-state index in [-0.39, 0.29) is 24.3 Å². The van der Waals surface area contributed by atoms with Crippen molar-refractivity contribution in [3.05, 3.63) is 30.1 Å². The minimum absolute atomic E-state index is 0.0179. The average Bonchev–Trinajstić information content (AvgIpc) is 2.44. The third kappa shape index (κ3) is 3.70. The summed E-state index contributed by atoms with van der Waals surface area (Å²) in [6.07, 6.45) is 4.54. The molecule has 1 fully saturated rings. The van der Waals surface area contributed by atoms with Gasteiger partial charge in [-0.05, 0) is 38.0 Å². The molecular weight excluding hydrogens is 254 g/mol. The molecule has 2 rings (SSSR count). The maximum absolute atomic E-state index is 12.4. The van der Waals surface area contributed by atoms with E-state index in [1.54, 1.807) is 12.4 Å². The molecule has 0 radical (unpaired) electrons. The van der Waals surface area contributed by atoms with Crippen LogP contribution < -0.4 is 5.32 Å². The second-order valence-corrected chi connectivity index (χ2v) is 5.35. The summed E-state index contributed by atoms with van der Waals surface area (Å²) in [7, 11) is 0. The summed E-state index contributed by atoms with van der Waals surface area (Å²) in [5.41, 5.74) is 1.09. The Kier molecular flexibility index (Phi) is 4.95. The van der Waals surface area contributed by atoms with Crippen LogP contribution in [-0.4, -0.2) is 41.2 Å². The first-order chi connectivity index (χ1) is 9.60. The molecule has 1 aliphatic rings. The number of carbonyl (C=O) groups excluding carboxylic acids is 1. The van der Waals surface area contributed by atoms with Gasteiger partial charge in [-0.15, -0.1) is 0 Å². The Morgan fingerprint density at radius 1 is 1.40 bits per heavy atom. The Balaban J connectivity index is 1.99. The van der Waals surface area contributed by atoms with Crippen molar-refractivity contribution in [3.63, 3.8) is 0 Å². The highest BCUT2D eigenvalue weighted by atomic mass is 16.5. The second-order valence-electron chi connectivity index (χ2n) is 5.35. The molecule has 0 saturated carbocycles. The predicted molar refractivity (Wildman–Crippen MR) is 77.4 cm³/mol. The molecule has 3 unspecified atom stereocenters. The van der Waals surface area contributed by atoms with Crippen LogP contribution in [0.4, 0.5) is 4.79 Å². The van der Waals surface area contributed by atoms with Crippen molar-refractivity contribution >= 4 is 6.03 Å². The smallest absolute Gasteiger partial charge is 0.318 e. The highest BCUT2D eigenvalue weighted by Gasteiger charge is 2.27. The Hall–Kier alpha value is -1.62. The van der Waals surface area contributed by atoms with Crippen LogP contribution in [0.5, 0.6) is 0 Å². The zero-order valence-electron chi connectivity index (χ0n) is 12.4. The van der Waals surface area contributed by atoms with E-state index in [1.165, 1.54) is 0 Å². The van der Waals surface area contributed by atoms with E-state index < -0.39 is 0 Å². The van der Waals surface area contributed by atoms with Crippen LogP contribution in [0, 0.1) is 0 Å². The van der Waals surface area contributed by atoms with E-state index in [0.29, 0.717) is 13.1 Å². The fourth-order valence-corrected chi connectivity index (χ4v) is 2.60. The SMILES string of the molecule is CCC(NC(=O)N1CC(C)OC(C)C1)c1ccncc1. The Morgan fingerprint density at radius 2 is 2.00 bits per heavy atom. The number of nitrogens with one attached hydrogen (secondary N) is 1. The van der Waals surface area contributed by atoms with Gasteiger partial charge in [0.25, 0.3) is 0 Å². The van der Waals surface area contributed by atoms with Gasteiger partial charge in [-0.2, -0.15) is 0 Å². The van der Waals surface area contributed by atoms with Crippen LogP contribution in [0.15, 0.2) is 24.5 Å². The van der Waals surface area contributed by atoms with Crippen LogP contribution in [0.25, 0.3) is 0 Å². The monoisotopic (exact) mass is 277 g/mol. The molecule has 110 valence electrons. The summed E-state index contributed by atoms with van der Waals surface area (Å²) in [5, 5.41) is 3.10. The molecule has 1 aliphatic heterocycles. The number of aromatic nitrogens is 1. The highest BCUT2D eigenvalue weighted by molar-refractivity contribution is 5.75.